The van der Waals surface area contributed by atoms with E-state index in [1.165, 1.54) is 12.7 Å². The van der Waals surface area contributed by atoms with Crippen molar-refractivity contribution < 1.29 is 4.79 Å². The molecule has 1 aromatic heterocycles. The first-order valence-electron chi connectivity index (χ1n) is 2.80. The van der Waals surface area contributed by atoms with Gasteiger partial charge in [0.15, 0.2) is 0 Å². The van der Waals surface area contributed by atoms with Crippen molar-refractivity contribution in [1.29, 1.82) is 0 Å². The van der Waals surface area contributed by atoms with Gasteiger partial charge in [0.2, 0.25) is 11.9 Å². The molecule has 11 heavy (non-hydrogen) atoms. The lowest BCUT2D eigenvalue weighted by molar-refractivity contribution is -0.114. The Labute approximate surface area is 67.8 Å². The molecule has 6 heteroatoms. The van der Waals surface area contributed by atoms with Crippen molar-refractivity contribution in [3.05, 3.63) is 12.7 Å². The summed E-state index contributed by atoms with van der Waals surface area (Å²) in [6.07, 6.45) is 2.58. The summed E-state index contributed by atoms with van der Waals surface area (Å²) >= 11 is 5.22. The average Bonchev–Trinajstić information content (AvgIpc) is 2.06. The van der Waals surface area contributed by atoms with Gasteiger partial charge in [-0.3, -0.25) is 10.1 Å². The van der Waals surface area contributed by atoms with Crippen LogP contribution in [-0.4, -0.2) is 26.7 Å². The topological polar surface area (TPSA) is 67.8 Å². The number of amides is 1. The largest absolute Gasteiger partial charge is 0.293 e. The van der Waals surface area contributed by atoms with Crippen molar-refractivity contribution in [2.24, 2.45) is 0 Å². The summed E-state index contributed by atoms with van der Waals surface area (Å²) < 4.78 is 0. The molecule has 1 rings (SSSR count). The molecule has 1 aromatic rings. The number of carbonyl (C=O) groups is 1. The number of hydrogen-bond donors (Lipinski definition) is 1. The maximum absolute atomic E-state index is 10.6. The molecule has 1 amide bonds. The smallest absolute Gasteiger partial charge is 0.241 e. The Balaban J connectivity index is 2.58. The fraction of sp³-hybridized carbons (Fsp3) is 0.200. The van der Waals surface area contributed by atoms with E-state index in [2.05, 4.69) is 20.3 Å². The SMILES string of the molecule is O=C(CCl)Nc1ncncn1. The number of nitrogens with zero attached hydrogens (tertiary/aromatic N) is 3. The van der Waals surface area contributed by atoms with Crippen LogP contribution >= 0.6 is 11.6 Å². The molecular weight excluding hydrogens is 168 g/mol. The predicted molar refractivity (Wildman–Crippen MR) is 39.2 cm³/mol. The summed E-state index contributed by atoms with van der Waals surface area (Å²) in [5.41, 5.74) is 0. The Kier molecular flexibility index (Phi) is 2.74. The zero-order valence-corrected chi connectivity index (χ0v) is 6.25. The quantitative estimate of drug-likeness (QED) is 0.640. The molecule has 0 radical (unpaired) electrons. The number of carbonyl (C=O) groups excluding carboxylic acids is 1. The predicted octanol–water partition coefficient (Wildman–Crippen LogP) is 0.0489. The van der Waals surface area contributed by atoms with E-state index in [1.54, 1.807) is 0 Å². The lowest BCUT2D eigenvalue weighted by atomic mass is 10.7. The number of rotatable bonds is 2. The van der Waals surface area contributed by atoms with Crippen molar-refractivity contribution in [2.75, 3.05) is 11.2 Å². The lowest BCUT2D eigenvalue weighted by Gasteiger charge is -1.96. The molecule has 0 aromatic carbocycles. The Morgan fingerprint density at radius 3 is 2.73 bits per heavy atom. The first-order chi connectivity index (χ1) is 5.33. The van der Waals surface area contributed by atoms with Crippen LogP contribution in [0.5, 0.6) is 0 Å². The minimum Gasteiger partial charge on any atom is -0.293 e. The van der Waals surface area contributed by atoms with Crippen molar-refractivity contribution in [3.8, 4) is 0 Å². The summed E-state index contributed by atoms with van der Waals surface area (Å²) in [5, 5.41) is 2.36. The van der Waals surface area contributed by atoms with E-state index in [0.717, 1.165) is 0 Å². The molecule has 1 heterocycles. The Morgan fingerprint density at radius 2 is 2.18 bits per heavy atom. The number of alkyl halides is 1. The third-order valence-corrected chi connectivity index (χ3v) is 1.11. The lowest BCUT2D eigenvalue weighted by Crippen LogP contribution is -2.14. The summed E-state index contributed by atoms with van der Waals surface area (Å²) in [4.78, 5) is 21.5. The zero-order chi connectivity index (χ0) is 8.10. The van der Waals surface area contributed by atoms with E-state index in [9.17, 15) is 4.79 Å². The number of hydrogen-bond acceptors (Lipinski definition) is 4. The Hall–Kier alpha value is -1.23. The molecule has 0 spiro atoms. The van der Waals surface area contributed by atoms with Gasteiger partial charge in [0, 0.05) is 0 Å². The van der Waals surface area contributed by atoms with E-state index in [-0.39, 0.29) is 17.7 Å². The van der Waals surface area contributed by atoms with Gasteiger partial charge in [-0.05, 0) is 0 Å². The molecular formula is C5H5ClN4O. The van der Waals surface area contributed by atoms with Crippen LogP contribution in [0.25, 0.3) is 0 Å². The highest BCUT2D eigenvalue weighted by Crippen LogP contribution is 1.91. The molecule has 0 aliphatic rings. The van der Waals surface area contributed by atoms with Crippen LogP contribution in [0, 0.1) is 0 Å². The molecule has 0 fully saturated rings. The van der Waals surface area contributed by atoms with Crippen LogP contribution < -0.4 is 5.32 Å². The number of aromatic nitrogens is 3. The van der Waals surface area contributed by atoms with E-state index in [4.69, 9.17) is 11.6 Å². The molecule has 0 atom stereocenters. The molecule has 0 bridgehead atoms. The zero-order valence-electron chi connectivity index (χ0n) is 5.49. The Bertz CT molecular complexity index is 239. The van der Waals surface area contributed by atoms with Gasteiger partial charge in [0.05, 0.1) is 0 Å². The van der Waals surface area contributed by atoms with Gasteiger partial charge in [-0.15, -0.1) is 11.6 Å². The van der Waals surface area contributed by atoms with Crippen LogP contribution in [0.1, 0.15) is 0 Å². The second-order valence-corrected chi connectivity index (χ2v) is 1.91. The maximum Gasteiger partial charge on any atom is 0.241 e. The number of anilines is 1. The summed E-state index contributed by atoms with van der Waals surface area (Å²) in [6, 6.07) is 0. The van der Waals surface area contributed by atoms with Gasteiger partial charge in [-0.2, -0.15) is 0 Å². The molecule has 0 unspecified atom stereocenters. The average molecular weight is 173 g/mol. The number of nitrogens with one attached hydrogen (secondary N) is 1. The molecule has 0 saturated carbocycles. The standard InChI is InChI=1S/C5H5ClN4O/c6-1-4(11)10-5-8-2-7-3-9-5/h2-3H,1H2,(H,7,8,9,10,11). The Morgan fingerprint density at radius 1 is 1.55 bits per heavy atom. The molecule has 0 saturated heterocycles. The second kappa shape index (κ2) is 3.82. The van der Waals surface area contributed by atoms with Crippen molar-refractivity contribution in [2.45, 2.75) is 0 Å². The summed E-state index contributed by atoms with van der Waals surface area (Å²) in [5.74, 6) is -0.227. The van der Waals surface area contributed by atoms with Gasteiger partial charge >= 0.3 is 0 Å². The van der Waals surface area contributed by atoms with E-state index >= 15 is 0 Å². The van der Waals surface area contributed by atoms with Crippen LogP contribution in [0.3, 0.4) is 0 Å². The third-order valence-electron chi connectivity index (χ3n) is 0.866. The maximum atomic E-state index is 10.6. The second-order valence-electron chi connectivity index (χ2n) is 1.64. The monoisotopic (exact) mass is 172 g/mol. The van der Waals surface area contributed by atoms with E-state index in [0.29, 0.717) is 0 Å². The fourth-order valence-electron chi connectivity index (χ4n) is 0.462. The van der Waals surface area contributed by atoms with Gasteiger partial charge in [0.1, 0.15) is 18.5 Å². The highest BCUT2D eigenvalue weighted by atomic mass is 35.5. The number of halogens is 1. The summed E-state index contributed by atoms with van der Waals surface area (Å²) in [7, 11) is 0. The van der Waals surface area contributed by atoms with Crippen LogP contribution in [0.4, 0.5) is 5.95 Å². The molecule has 58 valence electrons. The highest BCUT2D eigenvalue weighted by molar-refractivity contribution is 6.28. The first-order valence-corrected chi connectivity index (χ1v) is 3.34. The van der Waals surface area contributed by atoms with Gasteiger partial charge < -0.3 is 0 Å². The molecule has 0 aliphatic heterocycles. The minimum atomic E-state index is -0.335. The minimum absolute atomic E-state index is 0.105. The molecule has 0 aliphatic carbocycles. The van der Waals surface area contributed by atoms with E-state index < -0.39 is 0 Å². The van der Waals surface area contributed by atoms with Gasteiger partial charge in [0.25, 0.3) is 0 Å². The molecule has 1 N–H and O–H groups in total. The normalized spacial score (nSPS) is 9.18. The van der Waals surface area contributed by atoms with Crippen molar-refractivity contribution >= 4 is 23.5 Å². The van der Waals surface area contributed by atoms with Crippen LogP contribution in [-0.2, 0) is 4.79 Å². The highest BCUT2D eigenvalue weighted by Gasteiger charge is 1.99. The van der Waals surface area contributed by atoms with Crippen LogP contribution in [0.2, 0.25) is 0 Å². The third kappa shape index (κ3) is 2.46. The van der Waals surface area contributed by atoms with Crippen molar-refractivity contribution in [1.82, 2.24) is 15.0 Å². The van der Waals surface area contributed by atoms with Gasteiger partial charge in [-0.1, -0.05) is 0 Å². The van der Waals surface area contributed by atoms with Gasteiger partial charge in [-0.25, -0.2) is 15.0 Å². The van der Waals surface area contributed by atoms with Crippen LogP contribution in [0.15, 0.2) is 12.7 Å². The van der Waals surface area contributed by atoms with E-state index in [1.807, 2.05) is 0 Å². The fourth-order valence-corrected chi connectivity index (χ4v) is 0.529. The first kappa shape index (κ1) is 7.87. The molecule has 5 nitrogen and oxygen atoms in total. The summed E-state index contributed by atoms with van der Waals surface area (Å²) in [6.45, 7) is 0. The van der Waals surface area contributed by atoms with Crippen molar-refractivity contribution in [3.63, 3.8) is 0 Å².